The Hall–Kier alpha value is 0.100. The van der Waals surface area contributed by atoms with Gasteiger partial charge in [-0.2, -0.15) is 0 Å². The lowest BCUT2D eigenvalue weighted by molar-refractivity contribution is 0.643. The van der Waals surface area contributed by atoms with Crippen molar-refractivity contribution in [3.63, 3.8) is 0 Å². The standard InChI is InChI=1S/C6H12FP/c1-3-4-8-5-6(2)7/h5,8H,3-4H2,1-2H3/b6-5-/i5T. The van der Waals surface area contributed by atoms with Gasteiger partial charge in [0.15, 0.2) is 0 Å². The molecule has 48 valence electrons. The normalized spacial score (nSPS) is 16.6. The molecule has 0 amide bonds. The van der Waals surface area contributed by atoms with Crippen molar-refractivity contribution < 1.29 is 5.76 Å². The summed E-state index contributed by atoms with van der Waals surface area (Å²) in [6.45, 7) is 3.37. The van der Waals surface area contributed by atoms with E-state index in [1.165, 1.54) is 6.92 Å². The third kappa shape index (κ3) is 6.10. The largest absolute Gasteiger partial charge is 0.212 e. The van der Waals surface area contributed by atoms with Gasteiger partial charge in [-0.15, -0.1) is 0 Å². The fourth-order valence-corrected chi connectivity index (χ4v) is 0.928. The molecule has 0 rings (SSSR count). The molecule has 0 saturated carbocycles. The van der Waals surface area contributed by atoms with E-state index in [0.29, 0.717) is 8.58 Å². The fourth-order valence-electron chi connectivity index (χ4n) is 0.309. The predicted octanol–water partition coefficient (Wildman–Crippen LogP) is 2.91. The van der Waals surface area contributed by atoms with Gasteiger partial charge < -0.3 is 0 Å². The van der Waals surface area contributed by atoms with E-state index in [1.54, 1.807) is 0 Å². The molecule has 8 heavy (non-hydrogen) atoms. The minimum Gasteiger partial charge on any atom is -0.212 e. The van der Waals surface area contributed by atoms with Crippen LogP contribution in [0.4, 0.5) is 4.39 Å². The van der Waals surface area contributed by atoms with Gasteiger partial charge in [0.1, 0.15) is 0 Å². The number of hydrogen-bond acceptors (Lipinski definition) is 0. The lowest BCUT2D eigenvalue weighted by Crippen LogP contribution is -1.64. The second-order valence-electron chi connectivity index (χ2n) is 1.59. The molecule has 0 aromatic carbocycles. The summed E-state index contributed by atoms with van der Waals surface area (Å²) in [4.78, 5) is 0. The van der Waals surface area contributed by atoms with E-state index in [9.17, 15) is 4.39 Å². The summed E-state index contributed by atoms with van der Waals surface area (Å²) in [6, 6.07) is 0. The van der Waals surface area contributed by atoms with E-state index >= 15 is 0 Å². The van der Waals surface area contributed by atoms with Crippen LogP contribution in [0.1, 0.15) is 21.6 Å². The topological polar surface area (TPSA) is 0 Å². The Kier molecular flexibility index (Phi) is 4.08. The number of rotatable bonds is 3. The van der Waals surface area contributed by atoms with Crippen molar-refractivity contribution in [2.45, 2.75) is 20.3 Å². The monoisotopic (exact) mass is 136 g/mol. The molecule has 0 saturated heterocycles. The zero-order valence-corrected chi connectivity index (χ0v) is 6.29. The van der Waals surface area contributed by atoms with Crippen molar-refractivity contribution in [3.05, 3.63) is 11.6 Å². The molecule has 0 aliphatic rings. The Bertz CT molecular complexity index is 108. The quantitative estimate of drug-likeness (QED) is 0.523. The fraction of sp³-hybridized carbons (Fsp3) is 0.667. The molecule has 2 heteroatoms. The second kappa shape index (κ2) is 5.24. The first-order valence-electron chi connectivity index (χ1n) is 3.25. The second-order valence-corrected chi connectivity index (χ2v) is 2.69. The maximum atomic E-state index is 12.1. The maximum absolute atomic E-state index is 12.1. The van der Waals surface area contributed by atoms with Gasteiger partial charge >= 0.3 is 0 Å². The van der Waals surface area contributed by atoms with Crippen LogP contribution in [0.5, 0.6) is 0 Å². The van der Waals surface area contributed by atoms with Crippen molar-refractivity contribution in [2.24, 2.45) is 0 Å². The molecule has 1 atom stereocenters. The van der Waals surface area contributed by atoms with Crippen molar-refractivity contribution in [1.29, 1.82) is 0 Å². The Labute approximate surface area is 53.4 Å². The van der Waals surface area contributed by atoms with Crippen LogP contribution in [-0.2, 0) is 0 Å². The molecule has 0 aromatic heterocycles. The predicted molar refractivity (Wildman–Crippen MR) is 38.3 cm³/mol. The van der Waals surface area contributed by atoms with Crippen LogP contribution in [0.3, 0.4) is 0 Å². The van der Waals surface area contributed by atoms with Crippen LogP contribution in [0.25, 0.3) is 0 Å². The van der Waals surface area contributed by atoms with E-state index in [1.807, 2.05) is 6.92 Å². The smallest absolute Gasteiger partial charge is 0.0970 e. The Morgan fingerprint density at radius 1 is 2.00 bits per heavy atom. The van der Waals surface area contributed by atoms with Gasteiger partial charge in [-0.3, -0.25) is 0 Å². The van der Waals surface area contributed by atoms with E-state index in [-0.39, 0.29) is 11.6 Å². The lowest BCUT2D eigenvalue weighted by atomic mass is 10.6. The average Bonchev–Trinajstić information content (AvgIpc) is 1.82. The van der Waals surface area contributed by atoms with E-state index in [0.717, 1.165) is 12.6 Å². The molecule has 0 aliphatic heterocycles. The Morgan fingerprint density at radius 2 is 2.62 bits per heavy atom. The van der Waals surface area contributed by atoms with Gasteiger partial charge in [0.05, 0.1) is 7.20 Å². The number of allylic oxidation sites excluding steroid dienone is 1. The lowest BCUT2D eigenvalue weighted by Gasteiger charge is -1.87. The SMILES string of the molecule is [3H]/C(PCCC)=C(\C)F. The molecule has 0 N–H and O–H groups in total. The molecule has 0 aliphatic carbocycles. The van der Waals surface area contributed by atoms with Gasteiger partial charge in [0.2, 0.25) is 0 Å². The summed E-state index contributed by atoms with van der Waals surface area (Å²) in [5, 5.41) is 0. The first-order chi connectivity index (χ1) is 4.18. The summed E-state index contributed by atoms with van der Waals surface area (Å²) in [5.74, 6) is -0.154. The summed E-state index contributed by atoms with van der Waals surface area (Å²) in [7, 11) is 0.358. The highest BCUT2D eigenvalue weighted by atomic mass is 31.1. The van der Waals surface area contributed by atoms with Crippen molar-refractivity contribution in [1.82, 2.24) is 0 Å². The molecule has 0 fully saturated rings. The summed E-state index contributed by atoms with van der Waals surface area (Å²) < 4.78 is 19.2. The summed E-state index contributed by atoms with van der Waals surface area (Å²) in [6.07, 6.45) is 1.98. The minimum atomic E-state index is -0.332. The van der Waals surface area contributed by atoms with Crippen LogP contribution in [0, 0.1) is 0 Å². The van der Waals surface area contributed by atoms with Crippen molar-refractivity contribution in [3.8, 4) is 0 Å². The molecule has 1 unspecified atom stereocenters. The van der Waals surface area contributed by atoms with Crippen molar-refractivity contribution >= 4 is 8.58 Å². The van der Waals surface area contributed by atoms with Crippen LogP contribution in [-0.4, -0.2) is 6.16 Å². The van der Waals surface area contributed by atoms with E-state index in [4.69, 9.17) is 1.37 Å². The highest BCUT2D eigenvalue weighted by molar-refractivity contribution is 7.41. The molecular formula is C6H12FP. The van der Waals surface area contributed by atoms with Gasteiger partial charge in [0.25, 0.3) is 0 Å². The minimum absolute atomic E-state index is 0.178. The first-order valence-corrected chi connectivity index (χ1v) is 3.96. The maximum Gasteiger partial charge on any atom is 0.0970 e. The molecule has 0 heterocycles. The highest BCUT2D eigenvalue weighted by Crippen LogP contribution is 2.15. The van der Waals surface area contributed by atoms with Gasteiger partial charge in [0, 0.05) is 0 Å². The van der Waals surface area contributed by atoms with Crippen LogP contribution in [0.2, 0.25) is 0 Å². The first kappa shape index (κ1) is 6.22. The molecule has 0 bridgehead atoms. The third-order valence-corrected chi connectivity index (χ3v) is 1.91. The number of hydrogen-bond donors (Lipinski definition) is 0. The number of halogens is 1. The van der Waals surface area contributed by atoms with Gasteiger partial charge in [-0.1, -0.05) is 21.9 Å². The molecule has 0 nitrogen and oxygen atoms in total. The molecular weight excluding hydrogens is 122 g/mol. The zero-order chi connectivity index (χ0) is 7.28. The Balaban J connectivity index is 3.50. The van der Waals surface area contributed by atoms with Gasteiger partial charge in [-0.05, 0) is 18.9 Å². The molecule has 0 radical (unpaired) electrons. The zero-order valence-electron chi connectivity index (χ0n) is 6.29. The van der Waals surface area contributed by atoms with Crippen molar-refractivity contribution in [2.75, 3.05) is 6.16 Å². The van der Waals surface area contributed by atoms with Crippen LogP contribution in [0.15, 0.2) is 11.6 Å². The average molecular weight is 136 g/mol. The Morgan fingerprint density at radius 3 is 3.00 bits per heavy atom. The van der Waals surface area contributed by atoms with Gasteiger partial charge in [-0.25, -0.2) is 4.39 Å². The van der Waals surface area contributed by atoms with E-state index < -0.39 is 0 Å². The van der Waals surface area contributed by atoms with Crippen LogP contribution >= 0.6 is 8.58 Å². The van der Waals surface area contributed by atoms with Crippen LogP contribution < -0.4 is 0 Å². The highest BCUT2D eigenvalue weighted by Gasteiger charge is 1.80. The molecule has 0 spiro atoms. The summed E-state index contributed by atoms with van der Waals surface area (Å²) >= 11 is 0. The van der Waals surface area contributed by atoms with E-state index in [2.05, 4.69) is 0 Å². The summed E-state index contributed by atoms with van der Waals surface area (Å²) in [5.41, 5.74) is 0. The molecule has 0 aromatic rings. The third-order valence-electron chi connectivity index (χ3n) is 0.636.